The highest BCUT2D eigenvalue weighted by atomic mass is 79.9. The Labute approximate surface area is 116 Å². The zero-order valence-electron chi connectivity index (χ0n) is 9.14. The summed E-state index contributed by atoms with van der Waals surface area (Å²) >= 11 is 9.64. The lowest BCUT2D eigenvalue weighted by Crippen LogP contribution is -2.26. The number of fused-ring (bicyclic) bond motifs is 4. The van der Waals surface area contributed by atoms with E-state index in [4.69, 9.17) is 11.6 Å². The number of amidine groups is 1. The second-order valence-corrected chi connectivity index (χ2v) is 5.48. The first-order valence-electron chi connectivity index (χ1n) is 5.44. The van der Waals surface area contributed by atoms with Gasteiger partial charge in [-0.1, -0.05) is 32.5 Å². The fourth-order valence-electron chi connectivity index (χ4n) is 2.30. The predicted octanol–water partition coefficient (Wildman–Crippen LogP) is 2.60. The monoisotopic (exact) mass is 321 g/mol. The number of rotatable bonds is 0. The third-order valence-corrected chi connectivity index (χ3v) is 4.00. The fraction of sp³-hybridized carbons (Fsp3) is 0.0833. The minimum absolute atomic E-state index is 0.547. The lowest BCUT2D eigenvalue weighted by Gasteiger charge is -2.09. The maximum Gasteiger partial charge on any atom is 0.275 e. The minimum Gasteiger partial charge on any atom is -0.298 e. The smallest absolute Gasteiger partial charge is 0.275 e. The molecule has 1 aromatic heterocycles. The van der Waals surface area contributed by atoms with Gasteiger partial charge in [0.1, 0.15) is 12.9 Å². The van der Waals surface area contributed by atoms with Crippen LogP contribution in [0.25, 0.3) is 5.69 Å². The zero-order valence-corrected chi connectivity index (χ0v) is 11.5. The van der Waals surface area contributed by atoms with Gasteiger partial charge in [-0.3, -0.25) is 4.57 Å². The topological polar surface area (TPSA) is 33.2 Å². The summed E-state index contributed by atoms with van der Waals surface area (Å²) in [5, 5.41) is 0.547. The Bertz CT molecular complexity index is 745. The molecule has 6 heteroatoms. The zero-order chi connectivity index (χ0) is 12.3. The van der Waals surface area contributed by atoms with Gasteiger partial charge in [0.05, 0.1) is 16.9 Å². The van der Waals surface area contributed by atoms with E-state index in [0.29, 0.717) is 11.7 Å². The van der Waals surface area contributed by atoms with E-state index < -0.39 is 0 Å². The molecule has 0 saturated carbocycles. The SMILES string of the molecule is Clc1ncn2c1C[N+]1=C(N=C1)c1cc(Br)ccc1-2. The van der Waals surface area contributed by atoms with Crippen LogP contribution in [0, 0.1) is 0 Å². The molecule has 0 spiro atoms. The van der Waals surface area contributed by atoms with Crippen LogP contribution in [-0.4, -0.2) is 26.3 Å². The molecule has 0 aliphatic carbocycles. The molecule has 2 aliphatic heterocycles. The number of imidazole rings is 1. The van der Waals surface area contributed by atoms with Gasteiger partial charge in [-0.25, -0.2) is 9.56 Å². The number of benzene rings is 1. The number of aliphatic imine (C=N–C) groups is 1. The first kappa shape index (κ1) is 10.5. The highest BCUT2D eigenvalue weighted by molar-refractivity contribution is 9.10. The standard InChI is InChI=1S/C12H7BrClN4/c13-7-1-2-9-8(3-7)12-16-5-17(12)4-10-11(14)15-6-18(9)10/h1-3,5-6H,4H2/q+1. The van der Waals surface area contributed by atoms with Crippen LogP contribution in [0.2, 0.25) is 5.15 Å². The Kier molecular flexibility index (Phi) is 2.05. The Morgan fingerprint density at radius 2 is 2.28 bits per heavy atom. The summed E-state index contributed by atoms with van der Waals surface area (Å²) in [6, 6.07) is 6.12. The molecular weight excluding hydrogens is 316 g/mol. The van der Waals surface area contributed by atoms with Crippen LogP contribution in [0.5, 0.6) is 0 Å². The molecule has 0 atom stereocenters. The molecule has 1 aromatic carbocycles. The van der Waals surface area contributed by atoms with Crippen molar-refractivity contribution in [2.45, 2.75) is 6.54 Å². The van der Waals surface area contributed by atoms with Gasteiger partial charge < -0.3 is 0 Å². The largest absolute Gasteiger partial charge is 0.298 e. The van der Waals surface area contributed by atoms with Crippen LogP contribution in [0.4, 0.5) is 0 Å². The summed E-state index contributed by atoms with van der Waals surface area (Å²) in [5.74, 6) is 0.978. The quantitative estimate of drug-likeness (QED) is 0.686. The van der Waals surface area contributed by atoms with E-state index in [0.717, 1.165) is 27.3 Å². The summed E-state index contributed by atoms with van der Waals surface area (Å²) in [5.41, 5.74) is 3.13. The van der Waals surface area contributed by atoms with Crippen LogP contribution < -0.4 is 0 Å². The van der Waals surface area contributed by atoms with Crippen molar-refractivity contribution in [1.82, 2.24) is 9.55 Å². The van der Waals surface area contributed by atoms with E-state index in [1.165, 1.54) is 0 Å². The molecule has 0 N–H and O–H groups in total. The van der Waals surface area contributed by atoms with E-state index in [-0.39, 0.29) is 0 Å². The van der Waals surface area contributed by atoms with Crippen molar-refractivity contribution in [2.24, 2.45) is 4.99 Å². The van der Waals surface area contributed by atoms with Gasteiger partial charge in [-0.15, -0.1) is 0 Å². The fourth-order valence-corrected chi connectivity index (χ4v) is 2.85. The first-order valence-corrected chi connectivity index (χ1v) is 6.61. The first-order chi connectivity index (χ1) is 8.74. The maximum absolute atomic E-state index is 6.14. The van der Waals surface area contributed by atoms with Crippen LogP contribution in [-0.2, 0) is 6.54 Å². The van der Waals surface area contributed by atoms with Gasteiger partial charge in [0.15, 0.2) is 5.15 Å². The third-order valence-electron chi connectivity index (χ3n) is 3.19. The maximum atomic E-state index is 6.14. The van der Waals surface area contributed by atoms with E-state index in [1.807, 2.05) is 23.0 Å². The molecule has 3 heterocycles. The molecule has 4 nitrogen and oxygen atoms in total. The average molecular weight is 323 g/mol. The Hall–Kier alpha value is -1.46. The Balaban J connectivity index is 2.08. The average Bonchev–Trinajstić information content (AvgIpc) is 2.62. The Morgan fingerprint density at radius 3 is 3.06 bits per heavy atom. The summed E-state index contributed by atoms with van der Waals surface area (Å²) in [6.07, 6.45) is 3.58. The van der Waals surface area contributed by atoms with Crippen molar-refractivity contribution in [2.75, 3.05) is 0 Å². The van der Waals surface area contributed by atoms with Crippen LogP contribution in [0.1, 0.15) is 11.3 Å². The van der Waals surface area contributed by atoms with E-state index in [2.05, 4.69) is 36.5 Å². The second kappa shape index (κ2) is 3.52. The lowest BCUT2D eigenvalue weighted by molar-refractivity contribution is -0.428. The van der Waals surface area contributed by atoms with Crippen molar-refractivity contribution in [3.05, 3.63) is 45.4 Å². The van der Waals surface area contributed by atoms with E-state index in [1.54, 1.807) is 6.33 Å². The molecule has 0 radical (unpaired) electrons. The molecule has 0 fully saturated rings. The summed E-state index contributed by atoms with van der Waals surface area (Å²) < 4.78 is 5.14. The van der Waals surface area contributed by atoms with Crippen molar-refractivity contribution in [3.63, 3.8) is 0 Å². The third kappa shape index (κ3) is 1.29. The molecular formula is C12H7BrClN4+. The summed E-state index contributed by atoms with van der Waals surface area (Å²) in [4.78, 5) is 8.53. The molecule has 4 rings (SSSR count). The molecule has 88 valence electrons. The minimum atomic E-state index is 0.547. The summed E-state index contributed by atoms with van der Waals surface area (Å²) in [6.45, 7) is 0.698. The van der Waals surface area contributed by atoms with Gasteiger partial charge in [-0.05, 0) is 18.2 Å². The number of hydrogen-bond donors (Lipinski definition) is 0. The molecule has 2 aliphatic rings. The van der Waals surface area contributed by atoms with Crippen molar-refractivity contribution < 1.29 is 4.58 Å². The second-order valence-electron chi connectivity index (χ2n) is 4.21. The number of nitrogens with zero attached hydrogens (tertiary/aromatic N) is 4. The van der Waals surface area contributed by atoms with Gasteiger partial charge in [0, 0.05) is 4.47 Å². The van der Waals surface area contributed by atoms with Gasteiger partial charge in [0.2, 0.25) is 6.34 Å². The van der Waals surface area contributed by atoms with Crippen LogP contribution in [0.3, 0.4) is 0 Å². The number of hydrogen-bond acceptors (Lipinski definition) is 2. The van der Waals surface area contributed by atoms with Crippen molar-refractivity contribution in [1.29, 1.82) is 0 Å². The highest BCUT2D eigenvalue weighted by Crippen LogP contribution is 2.29. The van der Waals surface area contributed by atoms with E-state index >= 15 is 0 Å². The van der Waals surface area contributed by atoms with Gasteiger partial charge in [-0.2, -0.15) is 0 Å². The Morgan fingerprint density at radius 1 is 1.39 bits per heavy atom. The van der Waals surface area contributed by atoms with Crippen LogP contribution in [0.15, 0.2) is 34.0 Å². The number of aromatic nitrogens is 2. The lowest BCUT2D eigenvalue weighted by atomic mass is 10.1. The summed E-state index contributed by atoms with van der Waals surface area (Å²) in [7, 11) is 0. The molecule has 0 bridgehead atoms. The molecule has 0 saturated heterocycles. The van der Waals surface area contributed by atoms with Crippen LogP contribution >= 0.6 is 27.5 Å². The van der Waals surface area contributed by atoms with Gasteiger partial charge in [0.25, 0.3) is 5.84 Å². The molecule has 2 aromatic rings. The normalized spacial score (nSPS) is 15.7. The predicted molar refractivity (Wildman–Crippen MR) is 72.8 cm³/mol. The molecule has 0 unspecified atom stereocenters. The van der Waals surface area contributed by atoms with E-state index in [9.17, 15) is 0 Å². The number of halogens is 2. The molecule has 0 amide bonds. The van der Waals surface area contributed by atoms with Crippen molar-refractivity contribution >= 4 is 39.7 Å². The van der Waals surface area contributed by atoms with Crippen molar-refractivity contribution in [3.8, 4) is 5.69 Å². The molecule has 18 heavy (non-hydrogen) atoms. The highest BCUT2D eigenvalue weighted by Gasteiger charge is 2.30. The van der Waals surface area contributed by atoms with Gasteiger partial charge >= 0.3 is 0 Å².